The second-order valence-electron chi connectivity index (χ2n) is 4.87. The van der Waals surface area contributed by atoms with Crippen molar-refractivity contribution in [1.82, 2.24) is 9.80 Å². The fourth-order valence-electron chi connectivity index (χ4n) is 2.22. The molecule has 0 N–H and O–H groups in total. The van der Waals surface area contributed by atoms with Gasteiger partial charge in [0.25, 0.3) is 0 Å². The van der Waals surface area contributed by atoms with Crippen molar-refractivity contribution in [2.24, 2.45) is 0 Å². The van der Waals surface area contributed by atoms with E-state index in [2.05, 4.69) is 9.64 Å². The SMILES string of the molecule is CCC(=O)N(CCCN1CCOCC1)CCC(=O)OC. The number of amides is 1. The zero-order chi connectivity index (χ0) is 14.8. The van der Waals surface area contributed by atoms with Crippen molar-refractivity contribution < 1.29 is 19.1 Å². The van der Waals surface area contributed by atoms with E-state index < -0.39 is 0 Å². The molecule has 0 aromatic carbocycles. The monoisotopic (exact) mass is 286 g/mol. The topological polar surface area (TPSA) is 59.1 Å². The van der Waals surface area contributed by atoms with Gasteiger partial charge in [-0.3, -0.25) is 14.5 Å². The number of nitrogens with zero attached hydrogens (tertiary/aromatic N) is 2. The van der Waals surface area contributed by atoms with E-state index in [9.17, 15) is 9.59 Å². The number of rotatable bonds is 8. The van der Waals surface area contributed by atoms with Crippen LogP contribution in [0.25, 0.3) is 0 Å². The smallest absolute Gasteiger partial charge is 0.307 e. The van der Waals surface area contributed by atoms with Crippen LogP contribution in [0.3, 0.4) is 0 Å². The predicted octanol–water partition coefficient (Wildman–Crippen LogP) is 0.510. The van der Waals surface area contributed by atoms with Gasteiger partial charge in [0.15, 0.2) is 0 Å². The highest BCUT2D eigenvalue weighted by molar-refractivity contribution is 5.77. The summed E-state index contributed by atoms with van der Waals surface area (Å²) in [5.74, 6) is -0.178. The third-order valence-corrected chi connectivity index (χ3v) is 3.47. The molecule has 0 aromatic heterocycles. The summed E-state index contributed by atoms with van der Waals surface area (Å²) in [6.45, 7) is 7.46. The first kappa shape index (κ1) is 16.9. The second kappa shape index (κ2) is 9.72. The molecule has 1 amide bonds. The number of hydrogen-bond acceptors (Lipinski definition) is 5. The molecule has 20 heavy (non-hydrogen) atoms. The fourth-order valence-corrected chi connectivity index (χ4v) is 2.22. The first-order valence-electron chi connectivity index (χ1n) is 7.32. The minimum Gasteiger partial charge on any atom is -0.469 e. The van der Waals surface area contributed by atoms with Gasteiger partial charge in [-0.15, -0.1) is 0 Å². The maximum absolute atomic E-state index is 11.8. The van der Waals surface area contributed by atoms with Crippen LogP contribution in [-0.4, -0.2) is 74.7 Å². The van der Waals surface area contributed by atoms with Crippen LogP contribution in [0.5, 0.6) is 0 Å². The number of esters is 1. The quantitative estimate of drug-likeness (QED) is 0.609. The number of carbonyl (C=O) groups excluding carboxylic acids is 2. The van der Waals surface area contributed by atoms with Crippen molar-refractivity contribution in [1.29, 1.82) is 0 Å². The van der Waals surface area contributed by atoms with Crippen LogP contribution in [0.15, 0.2) is 0 Å². The summed E-state index contributed by atoms with van der Waals surface area (Å²) in [5.41, 5.74) is 0. The fraction of sp³-hybridized carbons (Fsp3) is 0.857. The largest absolute Gasteiger partial charge is 0.469 e. The molecule has 0 spiro atoms. The molecule has 0 bridgehead atoms. The Morgan fingerprint density at radius 1 is 1.25 bits per heavy atom. The predicted molar refractivity (Wildman–Crippen MR) is 75.4 cm³/mol. The third-order valence-electron chi connectivity index (χ3n) is 3.47. The molecular formula is C14H26N2O4. The Morgan fingerprint density at radius 2 is 1.95 bits per heavy atom. The van der Waals surface area contributed by atoms with Crippen LogP contribution in [0, 0.1) is 0 Å². The lowest BCUT2D eigenvalue weighted by Gasteiger charge is -2.28. The van der Waals surface area contributed by atoms with Gasteiger partial charge >= 0.3 is 5.97 Å². The Bertz CT molecular complexity index is 304. The molecule has 6 heteroatoms. The zero-order valence-corrected chi connectivity index (χ0v) is 12.6. The molecule has 1 aliphatic heterocycles. The summed E-state index contributed by atoms with van der Waals surface area (Å²) < 4.78 is 9.92. The van der Waals surface area contributed by atoms with E-state index in [0.717, 1.165) is 39.3 Å². The van der Waals surface area contributed by atoms with Gasteiger partial charge in [-0.2, -0.15) is 0 Å². The van der Waals surface area contributed by atoms with Crippen LogP contribution in [-0.2, 0) is 19.1 Å². The van der Waals surface area contributed by atoms with Crippen LogP contribution in [0.4, 0.5) is 0 Å². The Hall–Kier alpha value is -1.14. The Balaban J connectivity index is 2.28. The summed E-state index contributed by atoms with van der Waals surface area (Å²) in [4.78, 5) is 27.1. The van der Waals surface area contributed by atoms with E-state index in [1.807, 2.05) is 6.92 Å². The molecule has 0 atom stereocenters. The highest BCUT2D eigenvalue weighted by Crippen LogP contribution is 2.03. The van der Waals surface area contributed by atoms with Crippen LogP contribution >= 0.6 is 0 Å². The molecule has 1 rings (SSSR count). The minimum atomic E-state index is -0.271. The summed E-state index contributed by atoms with van der Waals surface area (Å²) in [5, 5.41) is 0. The number of methoxy groups -OCH3 is 1. The van der Waals surface area contributed by atoms with E-state index in [-0.39, 0.29) is 18.3 Å². The summed E-state index contributed by atoms with van der Waals surface area (Å²) in [7, 11) is 1.37. The molecule has 1 heterocycles. The highest BCUT2D eigenvalue weighted by Gasteiger charge is 2.15. The molecule has 0 aliphatic carbocycles. The number of morpholine rings is 1. The molecule has 1 aliphatic rings. The third kappa shape index (κ3) is 6.34. The minimum absolute atomic E-state index is 0.0934. The number of ether oxygens (including phenoxy) is 2. The maximum Gasteiger partial charge on any atom is 0.307 e. The van der Waals surface area contributed by atoms with Crippen molar-refractivity contribution in [2.45, 2.75) is 26.2 Å². The van der Waals surface area contributed by atoms with Gasteiger partial charge < -0.3 is 14.4 Å². The average molecular weight is 286 g/mol. The molecule has 1 saturated heterocycles. The number of hydrogen-bond donors (Lipinski definition) is 0. The van der Waals surface area contributed by atoms with Crippen LogP contribution in [0.1, 0.15) is 26.2 Å². The van der Waals surface area contributed by atoms with E-state index in [4.69, 9.17) is 4.74 Å². The molecule has 0 radical (unpaired) electrons. The Kier molecular flexibility index (Phi) is 8.22. The van der Waals surface area contributed by atoms with Crippen LogP contribution < -0.4 is 0 Å². The summed E-state index contributed by atoms with van der Waals surface area (Å²) in [6.07, 6.45) is 1.66. The Labute approximate surface area is 121 Å². The average Bonchev–Trinajstić information content (AvgIpc) is 2.50. The molecule has 1 fully saturated rings. The zero-order valence-electron chi connectivity index (χ0n) is 12.6. The van der Waals surface area contributed by atoms with Crippen molar-refractivity contribution in [2.75, 3.05) is 53.0 Å². The van der Waals surface area contributed by atoms with Crippen molar-refractivity contribution >= 4 is 11.9 Å². The van der Waals surface area contributed by atoms with E-state index in [1.54, 1.807) is 4.90 Å². The van der Waals surface area contributed by atoms with E-state index >= 15 is 0 Å². The Morgan fingerprint density at radius 3 is 2.55 bits per heavy atom. The van der Waals surface area contributed by atoms with Gasteiger partial charge in [0.05, 0.1) is 26.7 Å². The van der Waals surface area contributed by atoms with Crippen LogP contribution in [0.2, 0.25) is 0 Å². The van der Waals surface area contributed by atoms with Gasteiger partial charge in [0.2, 0.25) is 5.91 Å². The van der Waals surface area contributed by atoms with E-state index in [1.165, 1.54) is 7.11 Å². The van der Waals surface area contributed by atoms with Crippen molar-refractivity contribution in [3.05, 3.63) is 0 Å². The van der Waals surface area contributed by atoms with Crippen molar-refractivity contribution in [3.63, 3.8) is 0 Å². The molecule has 0 unspecified atom stereocenters. The van der Waals surface area contributed by atoms with Gasteiger partial charge in [-0.25, -0.2) is 0 Å². The first-order chi connectivity index (χ1) is 9.67. The highest BCUT2D eigenvalue weighted by atomic mass is 16.5. The summed E-state index contributed by atoms with van der Waals surface area (Å²) >= 11 is 0. The molecule has 0 aromatic rings. The second-order valence-corrected chi connectivity index (χ2v) is 4.87. The maximum atomic E-state index is 11.8. The first-order valence-corrected chi connectivity index (χ1v) is 7.32. The lowest BCUT2D eigenvalue weighted by Crippen LogP contribution is -2.39. The lowest BCUT2D eigenvalue weighted by atomic mass is 10.2. The van der Waals surface area contributed by atoms with E-state index in [0.29, 0.717) is 19.5 Å². The standard InChI is InChI=1S/C14H26N2O4/c1-3-13(17)16(8-5-14(18)19-2)7-4-6-15-9-11-20-12-10-15/h3-12H2,1-2H3. The molecule has 6 nitrogen and oxygen atoms in total. The molecule has 0 saturated carbocycles. The summed E-state index contributed by atoms with van der Waals surface area (Å²) in [6, 6.07) is 0. The van der Waals surface area contributed by atoms with Gasteiger partial charge in [-0.1, -0.05) is 6.92 Å². The van der Waals surface area contributed by atoms with Gasteiger partial charge in [0, 0.05) is 39.1 Å². The lowest BCUT2D eigenvalue weighted by molar-refractivity contribution is -0.141. The molecule has 116 valence electrons. The number of carbonyl (C=O) groups is 2. The molecular weight excluding hydrogens is 260 g/mol. The van der Waals surface area contributed by atoms with Gasteiger partial charge in [-0.05, 0) is 6.42 Å². The normalized spacial score (nSPS) is 15.9. The van der Waals surface area contributed by atoms with Gasteiger partial charge in [0.1, 0.15) is 0 Å². The van der Waals surface area contributed by atoms with Crippen molar-refractivity contribution in [3.8, 4) is 0 Å².